The van der Waals surface area contributed by atoms with Crippen LogP contribution in [-0.4, -0.2) is 17.1 Å². The number of nitrogens with one attached hydrogen (secondary N) is 1. The van der Waals surface area contributed by atoms with E-state index in [4.69, 9.17) is 16.7 Å². The predicted octanol–water partition coefficient (Wildman–Crippen LogP) is 0.947. The number of pyridine rings is 1. The minimum Gasteiger partial charge on any atom is -0.392 e. The van der Waals surface area contributed by atoms with Crippen LogP contribution in [0.3, 0.4) is 0 Å². The first-order valence-electron chi connectivity index (χ1n) is 3.66. The first-order valence-corrected chi connectivity index (χ1v) is 4.04. The van der Waals surface area contributed by atoms with Crippen LogP contribution in [0.5, 0.6) is 0 Å². The summed E-state index contributed by atoms with van der Waals surface area (Å²) in [4.78, 5) is 3.93. The second kappa shape index (κ2) is 4.40. The van der Waals surface area contributed by atoms with E-state index in [0.29, 0.717) is 11.6 Å². The molecule has 0 saturated heterocycles. The molecule has 0 fully saturated rings. The summed E-state index contributed by atoms with van der Waals surface area (Å²) in [5.41, 5.74) is 1.69. The van der Waals surface area contributed by atoms with Crippen LogP contribution in [0.4, 0.5) is 0 Å². The molecule has 1 aromatic rings. The van der Waals surface area contributed by atoms with Crippen LogP contribution in [-0.2, 0) is 13.2 Å². The quantitative estimate of drug-likeness (QED) is 0.739. The van der Waals surface area contributed by atoms with Gasteiger partial charge in [0.05, 0.1) is 11.6 Å². The number of rotatable bonds is 3. The van der Waals surface area contributed by atoms with E-state index in [9.17, 15) is 0 Å². The summed E-state index contributed by atoms with van der Waals surface area (Å²) in [6.07, 6.45) is 3.24. The highest BCUT2D eigenvalue weighted by atomic mass is 35.5. The van der Waals surface area contributed by atoms with E-state index in [1.165, 1.54) is 6.20 Å². The molecule has 2 N–H and O–H groups in total. The SMILES string of the molecule is CNCc1cncc(Cl)c1CO. The van der Waals surface area contributed by atoms with Gasteiger partial charge in [0.25, 0.3) is 0 Å². The van der Waals surface area contributed by atoms with Gasteiger partial charge in [0, 0.05) is 24.5 Å². The maximum absolute atomic E-state index is 8.99. The fourth-order valence-corrected chi connectivity index (χ4v) is 1.26. The number of halogens is 1. The molecule has 1 rings (SSSR count). The lowest BCUT2D eigenvalue weighted by Crippen LogP contribution is -2.08. The molecule has 0 atom stereocenters. The van der Waals surface area contributed by atoms with E-state index in [2.05, 4.69) is 10.3 Å². The van der Waals surface area contributed by atoms with Gasteiger partial charge in [-0.2, -0.15) is 0 Å². The van der Waals surface area contributed by atoms with E-state index >= 15 is 0 Å². The van der Waals surface area contributed by atoms with Crippen molar-refractivity contribution in [3.05, 3.63) is 28.5 Å². The van der Waals surface area contributed by atoms with Crippen LogP contribution >= 0.6 is 11.6 Å². The first-order chi connectivity index (χ1) is 5.79. The van der Waals surface area contributed by atoms with E-state index in [1.54, 1.807) is 6.20 Å². The number of hydrogen-bond acceptors (Lipinski definition) is 3. The Kier molecular flexibility index (Phi) is 3.47. The third-order valence-electron chi connectivity index (χ3n) is 1.62. The molecule has 0 radical (unpaired) electrons. The van der Waals surface area contributed by atoms with E-state index in [0.717, 1.165) is 11.1 Å². The molecular formula is C8H11ClN2O. The third-order valence-corrected chi connectivity index (χ3v) is 1.95. The zero-order valence-corrected chi connectivity index (χ0v) is 7.60. The Morgan fingerprint density at radius 1 is 1.58 bits per heavy atom. The summed E-state index contributed by atoms with van der Waals surface area (Å²) >= 11 is 5.81. The zero-order chi connectivity index (χ0) is 8.97. The van der Waals surface area contributed by atoms with Crippen molar-refractivity contribution < 1.29 is 5.11 Å². The van der Waals surface area contributed by atoms with Gasteiger partial charge in [-0.25, -0.2) is 0 Å². The zero-order valence-electron chi connectivity index (χ0n) is 6.84. The Hall–Kier alpha value is -0.640. The van der Waals surface area contributed by atoms with E-state index in [1.807, 2.05) is 7.05 Å². The second-order valence-electron chi connectivity index (χ2n) is 2.45. The average molecular weight is 187 g/mol. The summed E-state index contributed by atoms with van der Waals surface area (Å²) < 4.78 is 0. The molecule has 0 aliphatic heterocycles. The minimum absolute atomic E-state index is 0.0433. The summed E-state index contributed by atoms with van der Waals surface area (Å²) in [5.74, 6) is 0. The predicted molar refractivity (Wildman–Crippen MR) is 47.9 cm³/mol. The van der Waals surface area contributed by atoms with Crippen LogP contribution in [0.1, 0.15) is 11.1 Å². The molecule has 0 aromatic carbocycles. The van der Waals surface area contributed by atoms with Crippen LogP contribution in [0.15, 0.2) is 12.4 Å². The van der Waals surface area contributed by atoms with Gasteiger partial charge >= 0.3 is 0 Å². The van der Waals surface area contributed by atoms with Crippen molar-refractivity contribution in [2.45, 2.75) is 13.2 Å². The number of aromatic nitrogens is 1. The number of aliphatic hydroxyl groups excluding tert-OH is 1. The van der Waals surface area contributed by atoms with Gasteiger partial charge in [-0.05, 0) is 12.6 Å². The Balaban J connectivity index is 3.00. The molecule has 12 heavy (non-hydrogen) atoms. The monoisotopic (exact) mass is 186 g/mol. The molecular weight excluding hydrogens is 176 g/mol. The Labute approximate surface area is 76.4 Å². The van der Waals surface area contributed by atoms with Gasteiger partial charge in [0.2, 0.25) is 0 Å². The smallest absolute Gasteiger partial charge is 0.0700 e. The highest BCUT2D eigenvalue weighted by Crippen LogP contribution is 2.17. The summed E-state index contributed by atoms with van der Waals surface area (Å²) in [6.45, 7) is 0.627. The van der Waals surface area contributed by atoms with Crippen LogP contribution in [0, 0.1) is 0 Å². The van der Waals surface area contributed by atoms with E-state index < -0.39 is 0 Å². The fraction of sp³-hybridized carbons (Fsp3) is 0.375. The molecule has 0 spiro atoms. The Morgan fingerprint density at radius 2 is 2.33 bits per heavy atom. The van der Waals surface area contributed by atoms with Crippen molar-refractivity contribution in [3.63, 3.8) is 0 Å². The Bertz CT molecular complexity index is 265. The van der Waals surface area contributed by atoms with Gasteiger partial charge in [0.15, 0.2) is 0 Å². The lowest BCUT2D eigenvalue weighted by atomic mass is 10.1. The topological polar surface area (TPSA) is 45.2 Å². The summed E-state index contributed by atoms with van der Waals surface area (Å²) in [5, 5.41) is 12.5. The highest BCUT2D eigenvalue weighted by Gasteiger charge is 2.04. The van der Waals surface area contributed by atoms with Crippen LogP contribution in [0.25, 0.3) is 0 Å². The van der Waals surface area contributed by atoms with Gasteiger partial charge in [-0.1, -0.05) is 11.6 Å². The van der Waals surface area contributed by atoms with Crippen molar-refractivity contribution in [2.75, 3.05) is 7.05 Å². The van der Waals surface area contributed by atoms with Gasteiger partial charge in [0.1, 0.15) is 0 Å². The average Bonchev–Trinajstić information content (AvgIpc) is 2.05. The van der Waals surface area contributed by atoms with E-state index in [-0.39, 0.29) is 6.61 Å². The van der Waals surface area contributed by atoms with Crippen molar-refractivity contribution in [3.8, 4) is 0 Å². The molecule has 66 valence electrons. The second-order valence-corrected chi connectivity index (χ2v) is 2.85. The molecule has 3 nitrogen and oxygen atoms in total. The van der Waals surface area contributed by atoms with Gasteiger partial charge in [-0.15, -0.1) is 0 Å². The molecule has 0 aliphatic carbocycles. The maximum Gasteiger partial charge on any atom is 0.0700 e. The lowest BCUT2D eigenvalue weighted by molar-refractivity contribution is 0.280. The van der Waals surface area contributed by atoms with Crippen molar-refractivity contribution in [2.24, 2.45) is 0 Å². The lowest BCUT2D eigenvalue weighted by Gasteiger charge is -2.06. The molecule has 0 bridgehead atoms. The first kappa shape index (κ1) is 9.45. The molecule has 0 unspecified atom stereocenters. The number of nitrogens with zero attached hydrogens (tertiary/aromatic N) is 1. The summed E-state index contributed by atoms with van der Waals surface area (Å²) in [7, 11) is 1.84. The Morgan fingerprint density at radius 3 is 2.92 bits per heavy atom. The van der Waals surface area contributed by atoms with Gasteiger partial charge < -0.3 is 10.4 Å². The van der Waals surface area contributed by atoms with Crippen LogP contribution in [0.2, 0.25) is 5.02 Å². The highest BCUT2D eigenvalue weighted by molar-refractivity contribution is 6.31. The van der Waals surface area contributed by atoms with Crippen LogP contribution < -0.4 is 5.32 Å². The molecule has 1 aromatic heterocycles. The normalized spacial score (nSPS) is 10.2. The standard InChI is InChI=1S/C8H11ClN2O/c1-10-2-6-3-11-4-8(9)7(6)5-12/h3-4,10,12H,2,5H2,1H3. The fourth-order valence-electron chi connectivity index (χ4n) is 1.02. The largest absolute Gasteiger partial charge is 0.392 e. The number of hydrogen-bond donors (Lipinski definition) is 2. The molecule has 0 aliphatic rings. The molecule has 0 amide bonds. The molecule has 1 heterocycles. The number of aliphatic hydroxyl groups is 1. The maximum atomic E-state index is 8.99. The van der Waals surface area contributed by atoms with Gasteiger partial charge in [-0.3, -0.25) is 4.98 Å². The molecule has 0 saturated carbocycles. The summed E-state index contributed by atoms with van der Waals surface area (Å²) in [6, 6.07) is 0. The molecule has 4 heteroatoms. The minimum atomic E-state index is -0.0433. The van der Waals surface area contributed by atoms with Crippen molar-refractivity contribution >= 4 is 11.6 Å². The third kappa shape index (κ3) is 1.94. The van der Waals surface area contributed by atoms with Crippen molar-refractivity contribution in [1.29, 1.82) is 0 Å². The van der Waals surface area contributed by atoms with Crippen molar-refractivity contribution in [1.82, 2.24) is 10.3 Å².